The van der Waals surface area contributed by atoms with Gasteiger partial charge in [-0.3, -0.25) is 0 Å². The highest BCUT2D eigenvalue weighted by atomic mass is 79.9. The van der Waals surface area contributed by atoms with E-state index in [-0.39, 0.29) is 0 Å². The SMILES string of the molecule is Cc1ccc(C#CC(O)c2ccccc2Br)cc1. The minimum absolute atomic E-state index is 0.776. The highest BCUT2D eigenvalue weighted by molar-refractivity contribution is 9.10. The van der Waals surface area contributed by atoms with Gasteiger partial charge in [0.15, 0.2) is 0 Å². The lowest BCUT2D eigenvalue weighted by Crippen LogP contribution is -1.94. The van der Waals surface area contributed by atoms with Crippen LogP contribution in [-0.2, 0) is 0 Å². The number of hydrogen-bond donors (Lipinski definition) is 1. The van der Waals surface area contributed by atoms with Crippen LogP contribution < -0.4 is 0 Å². The van der Waals surface area contributed by atoms with Crippen LogP contribution >= 0.6 is 15.9 Å². The molecule has 0 saturated heterocycles. The van der Waals surface area contributed by atoms with E-state index in [4.69, 9.17) is 0 Å². The summed E-state index contributed by atoms with van der Waals surface area (Å²) in [6, 6.07) is 15.5. The van der Waals surface area contributed by atoms with E-state index in [2.05, 4.69) is 27.8 Å². The molecular formula is C16H13BrO. The summed E-state index contributed by atoms with van der Waals surface area (Å²) in [6.45, 7) is 2.03. The molecular weight excluding hydrogens is 288 g/mol. The predicted molar refractivity (Wildman–Crippen MR) is 77.2 cm³/mol. The standard InChI is InChI=1S/C16H13BrO/c1-12-6-8-13(9-7-12)10-11-16(18)14-4-2-3-5-15(14)17/h2-9,16,18H,1H3. The zero-order valence-corrected chi connectivity index (χ0v) is 11.6. The van der Waals surface area contributed by atoms with E-state index in [1.54, 1.807) is 0 Å². The fourth-order valence-electron chi connectivity index (χ4n) is 1.56. The zero-order chi connectivity index (χ0) is 13.0. The van der Waals surface area contributed by atoms with Crippen molar-refractivity contribution >= 4 is 15.9 Å². The Kier molecular flexibility index (Phi) is 4.19. The number of hydrogen-bond acceptors (Lipinski definition) is 1. The normalized spacial score (nSPS) is 11.5. The maximum absolute atomic E-state index is 10.0. The molecule has 0 aliphatic carbocycles. The van der Waals surface area contributed by atoms with Gasteiger partial charge in [0.05, 0.1) is 0 Å². The monoisotopic (exact) mass is 300 g/mol. The molecule has 90 valence electrons. The summed E-state index contributed by atoms with van der Waals surface area (Å²) < 4.78 is 0.871. The molecule has 0 heterocycles. The van der Waals surface area contributed by atoms with Gasteiger partial charge < -0.3 is 5.11 Å². The summed E-state index contributed by atoms with van der Waals surface area (Å²) in [5.74, 6) is 5.83. The molecule has 2 heteroatoms. The molecule has 2 aromatic carbocycles. The number of rotatable bonds is 1. The lowest BCUT2D eigenvalue weighted by molar-refractivity contribution is 0.237. The van der Waals surface area contributed by atoms with Gasteiger partial charge in [-0.2, -0.15) is 0 Å². The van der Waals surface area contributed by atoms with Crippen LogP contribution in [0.2, 0.25) is 0 Å². The van der Waals surface area contributed by atoms with Crippen molar-refractivity contribution in [2.45, 2.75) is 13.0 Å². The fourth-order valence-corrected chi connectivity index (χ4v) is 2.06. The molecule has 0 amide bonds. The quantitative estimate of drug-likeness (QED) is 0.793. The Hall–Kier alpha value is -1.56. The largest absolute Gasteiger partial charge is 0.376 e. The molecule has 0 saturated carbocycles. The summed E-state index contributed by atoms with van der Waals surface area (Å²) in [5, 5.41) is 10.0. The molecule has 18 heavy (non-hydrogen) atoms. The minimum atomic E-state index is -0.776. The molecule has 0 spiro atoms. The molecule has 1 unspecified atom stereocenters. The Morgan fingerprint density at radius 2 is 1.72 bits per heavy atom. The van der Waals surface area contributed by atoms with E-state index in [0.717, 1.165) is 15.6 Å². The number of benzene rings is 2. The fraction of sp³-hybridized carbons (Fsp3) is 0.125. The third-order valence-electron chi connectivity index (χ3n) is 2.60. The summed E-state index contributed by atoms with van der Waals surface area (Å²) in [4.78, 5) is 0. The average Bonchev–Trinajstić information content (AvgIpc) is 2.38. The van der Waals surface area contributed by atoms with Crippen molar-refractivity contribution in [3.63, 3.8) is 0 Å². The first-order valence-electron chi connectivity index (χ1n) is 5.67. The summed E-state index contributed by atoms with van der Waals surface area (Å²) in [7, 11) is 0. The second kappa shape index (κ2) is 5.86. The van der Waals surface area contributed by atoms with Crippen LogP contribution in [0, 0.1) is 18.8 Å². The third kappa shape index (κ3) is 3.22. The maximum atomic E-state index is 10.0. The number of aliphatic hydroxyl groups is 1. The van der Waals surface area contributed by atoms with Crippen LogP contribution in [-0.4, -0.2) is 5.11 Å². The molecule has 0 aliphatic heterocycles. The molecule has 2 rings (SSSR count). The molecule has 0 bridgehead atoms. The maximum Gasteiger partial charge on any atom is 0.141 e. The summed E-state index contributed by atoms with van der Waals surface area (Å²) in [6.07, 6.45) is -0.776. The second-order valence-corrected chi connectivity index (χ2v) is 4.91. The van der Waals surface area contributed by atoms with Crippen molar-refractivity contribution in [3.05, 3.63) is 69.7 Å². The molecule has 0 aliphatic rings. The number of halogens is 1. The highest BCUT2D eigenvalue weighted by Crippen LogP contribution is 2.22. The van der Waals surface area contributed by atoms with E-state index in [9.17, 15) is 5.11 Å². The van der Waals surface area contributed by atoms with Crippen molar-refractivity contribution < 1.29 is 5.11 Å². The van der Waals surface area contributed by atoms with E-state index >= 15 is 0 Å². The van der Waals surface area contributed by atoms with Crippen molar-refractivity contribution in [1.29, 1.82) is 0 Å². The van der Waals surface area contributed by atoms with Gasteiger partial charge in [-0.1, -0.05) is 63.7 Å². The Morgan fingerprint density at radius 3 is 2.39 bits per heavy atom. The van der Waals surface area contributed by atoms with Crippen LogP contribution in [0.15, 0.2) is 53.0 Å². The van der Waals surface area contributed by atoms with Gasteiger partial charge >= 0.3 is 0 Å². The molecule has 0 aromatic heterocycles. The summed E-state index contributed by atoms with van der Waals surface area (Å²) >= 11 is 3.40. The van der Waals surface area contributed by atoms with Gasteiger partial charge in [0.2, 0.25) is 0 Å². The van der Waals surface area contributed by atoms with Crippen molar-refractivity contribution in [1.82, 2.24) is 0 Å². The average molecular weight is 301 g/mol. The van der Waals surface area contributed by atoms with Gasteiger partial charge in [0.25, 0.3) is 0 Å². The Labute approximate surface area is 116 Å². The zero-order valence-electron chi connectivity index (χ0n) is 10.0. The topological polar surface area (TPSA) is 20.2 Å². The van der Waals surface area contributed by atoms with Gasteiger partial charge in [0.1, 0.15) is 6.10 Å². The first-order chi connectivity index (χ1) is 8.66. The van der Waals surface area contributed by atoms with E-state index in [0.29, 0.717) is 0 Å². The third-order valence-corrected chi connectivity index (χ3v) is 3.33. The van der Waals surface area contributed by atoms with Crippen molar-refractivity contribution in [2.24, 2.45) is 0 Å². The Bertz CT molecular complexity index is 590. The number of aryl methyl sites for hydroxylation is 1. The van der Waals surface area contributed by atoms with E-state index in [1.165, 1.54) is 5.56 Å². The minimum Gasteiger partial charge on any atom is -0.376 e. The predicted octanol–water partition coefficient (Wildman–Crippen LogP) is 3.84. The van der Waals surface area contributed by atoms with Crippen molar-refractivity contribution in [3.8, 4) is 11.8 Å². The van der Waals surface area contributed by atoms with Gasteiger partial charge in [0, 0.05) is 15.6 Å². The van der Waals surface area contributed by atoms with Gasteiger partial charge in [-0.05, 0) is 25.1 Å². The first-order valence-corrected chi connectivity index (χ1v) is 6.47. The highest BCUT2D eigenvalue weighted by Gasteiger charge is 2.06. The molecule has 0 fully saturated rings. The Morgan fingerprint density at radius 1 is 1.06 bits per heavy atom. The smallest absolute Gasteiger partial charge is 0.141 e. The Balaban J connectivity index is 2.20. The van der Waals surface area contributed by atoms with Crippen LogP contribution in [0.3, 0.4) is 0 Å². The van der Waals surface area contributed by atoms with Crippen LogP contribution in [0.25, 0.3) is 0 Å². The molecule has 0 radical (unpaired) electrons. The van der Waals surface area contributed by atoms with Gasteiger partial charge in [-0.25, -0.2) is 0 Å². The lowest BCUT2D eigenvalue weighted by atomic mass is 10.1. The lowest BCUT2D eigenvalue weighted by Gasteiger charge is -2.05. The molecule has 1 nitrogen and oxygen atoms in total. The van der Waals surface area contributed by atoms with E-state index < -0.39 is 6.10 Å². The molecule has 1 atom stereocenters. The second-order valence-electron chi connectivity index (χ2n) is 4.06. The summed E-state index contributed by atoms with van der Waals surface area (Å²) in [5.41, 5.74) is 2.90. The van der Waals surface area contributed by atoms with Crippen LogP contribution in [0.4, 0.5) is 0 Å². The van der Waals surface area contributed by atoms with Gasteiger partial charge in [-0.15, -0.1) is 0 Å². The number of aliphatic hydroxyl groups excluding tert-OH is 1. The first kappa shape index (κ1) is 12.9. The molecule has 2 aromatic rings. The van der Waals surface area contributed by atoms with Crippen LogP contribution in [0.1, 0.15) is 22.8 Å². The molecule has 1 N–H and O–H groups in total. The van der Waals surface area contributed by atoms with Crippen LogP contribution in [0.5, 0.6) is 0 Å². The van der Waals surface area contributed by atoms with Crippen molar-refractivity contribution in [2.75, 3.05) is 0 Å². The van der Waals surface area contributed by atoms with E-state index in [1.807, 2.05) is 55.5 Å².